The van der Waals surface area contributed by atoms with Gasteiger partial charge in [0, 0.05) is 15.6 Å². The number of H-pyrrole nitrogens is 1. The molecule has 5 rings (SSSR count). The van der Waals surface area contributed by atoms with E-state index < -0.39 is 6.04 Å². The van der Waals surface area contributed by atoms with Gasteiger partial charge in [0.05, 0.1) is 12.0 Å². The number of anilines is 2. The normalized spacial score (nSPS) is 15.2. The molecule has 1 aliphatic rings. The Bertz CT molecular complexity index is 1150. The van der Waals surface area contributed by atoms with E-state index in [0.717, 1.165) is 10.0 Å². The lowest BCUT2D eigenvalue weighted by Crippen LogP contribution is -2.28. The van der Waals surface area contributed by atoms with Gasteiger partial charge in [-0.1, -0.05) is 33.2 Å². The number of nitrogens with one attached hydrogen (secondary N) is 2. The molecule has 4 heterocycles. The zero-order valence-corrected chi connectivity index (χ0v) is 14.6. The number of nitrogens with zero attached hydrogens (tertiary/aromatic N) is 5. The van der Waals surface area contributed by atoms with Crippen molar-refractivity contribution in [3.63, 3.8) is 0 Å². The summed E-state index contributed by atoms with van der Waals surface area (Å²) in [4.78, 5) is 12.5. The highest BCUT2D eigenvalue weighted by Crippen LogP contribution is 2.41. The lowest BCUT2D eigenvalue weighted by atomic mass is 9.96. The molecule has 3 aromatic heterocycles. The third kappa shape index (κ3) is 2.19. The van der Waals surface area contributed by atoms with Crippen LogP contribution in [0.25, 0.3) is 11.3 Å². The number of furan rings is 1. The van der Waals surface area contributed by atoms with Crippen molar-refractivity contribution in [3.8, 4) is 11.3 Å². The number of aromatic amines is 1. The topological polar surface area (TPSA) is 115 Å². The van der Waals surface area contributed by atoms with Gasteiger partial charge in [-0.3, -0.25) is 4.79 Å². The number of hydrogen-bond acceptors (Lipinski definition) is 7. The Balaban J connectivity index is 1.82. The second kappa shape index (κ2) is 5.63. The predicted octanol–water partition coefficient (Wildman–Crippen LogP) is 2.47. The second-order valence-corrected chi connectivity index (χ2v) is 6.60. The van der Waals surface area contributed by atoms with Crippen LogP contribution in [0.4, 0.5) is 11.6 Å². The molecule has 0 radical (unpaired) electrons. The van der Waals surface area contributed by atoms with Crippen LogP contribution in [0, 0.1) is 0 Å². The molecule has 1 aliphatic heterocycles. The van der Waals surface area contributed by atoms with Crippen LogP contribution in [0.3, 0.4) is 0 Å². The van der Waals surface area contributed by atoms with Crippen LogP contribution in [0.15, 0.2) is 56.3 Å². The molecule has 1 unspecified atom stereocenters. The first-order valence-electron chi connectivity index (χ1n) is 7.69. The number of tetrazole rings is 1. The fourth-order valence-electron chi connectivity index (χ4n) is 3.08. The molecule has 0 spiro atoms. The molecule has 2 N–H and O–H groups in total. The fourth-order valence-corrected chi connectivity index (χ4v) is 3.34. The third-order valence-corrected chi connectivity index (χ3v) is 4.73. The number of benzene rings is 1. The number of rotatable bonds is 2. The molecule has 26 heavy (non-hydrogen) atoms. The molecular weight excluding hydrogens is 402 g/mol. The zero-order chi connectivity index (χ0) is 17.7. The number of aromatic nitrogens is 6. The number of halogens is 1. The zero-order valence-electron chi connectivity index (χ0n) is 13.0. The Morgan fingerprint density at radius 2 is 2.04 bits per heavy atom. The minimum Gasteiger partial charge on any atom is -0.467 e. The van der Waals surface area contributed by atoms with Crippen LogP contribution < -0.4 is 10.9 Å². The van der Waals surface area contributed by atoms with Crippen LogP contribution >= 0.6 is 15.9 Å². The van der Waals surface area contributed by atoms with Crippen LogP contribution in [0.1, 0.15) is 17.4 Å². The Labute approximate surface area is 154 Å². The van der Waals surface area contributed by atoms with Crippen molar-refractivity contribution < 1.29 is 4.42 Å². The highest BCUT2D eigenvalue weighted by molar-refractivity contribution is 9.10. The van der Waals surface area contributed by atoms with E-state index >= 15 is 0 Å². The maximum Gasteiger partial charge on any atom is 0.288 e. The van der Waals surface area contributed by atoms with E-state index in [2.05, 4.69) is 47.0 Å². The standard InChI is InChI=1S/C16H10BrN7O2/c17-9-5-3-8(4-6-9)12-11-13(15(25)20-19-12)18-16-21-22-23-24(16)14(11)10-2-1-7-26-10/h1-7,14H,(H,20,25)(H,18,21,23). The minimum atomic E-state index is -0.514. The van der Waals surface area contributed by atoms with Crippen molar-refractivity contribution in [1.29, 1.82) is 0 Å². The first-order chi connectivity index (χ1) is 12.7. The summed E-state index contributed by atoms with van der Waals surface area (Å²) in [5, 5.41) is 21.5. The molecule has 1 aromatic carbocycles. The van der Waals surface area contributed by atoms with Gasteiger partial charge in [-0.15, -0.1) is 0 Å². The fraction of sp³-hybridized carbons (Fsp3) is 0.0625. The van der Waals surface area contributed by atoms with Gasteiger partial charge in [0.25, 0.3) is 5.56 Å². The Morgan fingerprint density at radius 1 is 1.19 bits per heavy atom. The summed E-state index contributed by atoms with van der Waals surface area (Å²) in [5.74, 6) is 0.962. The number of hydrogen-bond donors (Lipinski definition) is 2. The summed E-state index contributed by atoms with van der Waals surface area (Å²) < 4.78 is 8.14. The van der Waals surface area contributed by atoms with Crippen molar-refractivity contribution in [1.82, 2.24) is 30.4 Å². The lowest BCUT2D eigenvalue weighted by molar-refractivity contribution is 0.435. The molecule has 10 heteroatoms. The van der Waals surface area contributed by atoms with Crippen LogP contribution in [0.2, 0.25) is 0 Å². The first kappa shape index (κ1) is 15.0. The predicted molar refractivity (Wildman–Crippen MR) is 95.0 cm³/mol. The van der Waals surface area contributed by atoms with Crippen molar-refractivity contribution in [2.24, 2.45) is 0 Å². The maximum absolute atomic E-state index is 12.5. The van der Waals surface area contributed by atoms with Crippen LogP contribution in [-0.2, 0) is 0 Å². The molecule has 1 atom stereocenters. The molecule has 0 aliphatic carbocycles. The Morgan fingerprint density at radius 3 is 2.81 bits per heavy atom. The second-order valence-electron chi connectivity index (χ2n) is 5.69. The molecular formula is C16H10BrN7O2. The largest absolute Gasteiger partial charge is 0.467 e. The summed E-state index contributed by atoms with van der Waals surface area (Å²) >= 11 is 3.43. The molecule has 128 valence electrons. The molecule has 0 bridgehead atoms. The summed E-state index contributed by atoms with van der Waals surface area (Å²) in [6, 6.07) is 10.7. The average molecular weight is 412 g/mol. The molecule has 0 fully saturated rings. The van der Waals surface area contributed by atoms with E-state index in [1.54, 1.807) is 17.0 Å². The summed E-state index contributed by atoms with van der Waals surface area (Å²) in [6.45, 7) is 0. The monoisotopic (exact) mass is 411 g/mol. The van der Waals surface area contributed by atoms with E-state index in [1.807, 2.05) is 30.3 Å². The van der Waals surface area contributed by atoms with Crippen molar-refractivity contribution >= 4 is 27.6 Å². The van der Waals surface area contributed by atoms with E-state index in [-0.39, 0.29) is 5.56 Å². The molecule has 9 nitrogen and oxygen atoms in total. The summed E-state index contributed by atoms with van der Waals surface area (Å²) in [5.41, 5.74) is 2.09. The quantitative estimate of drug-likeness (QED) is 0.458. The van der Waals surface area contributed by atoms with E-state index in [4.69, 9.17) is 4.42 Å². The highest BCUT2D eigenvalue weighted by atomic mass is 79.9. The van der Waals surface area contributed by atoms with Gasteiger partial charge in [-0.05, 0) is 34.7 Å². The van der Waals surface area contributed by atoms with Gasteiger partial charge < -0.3 is 9.73 Å². The van der Waals surface area contributed by atoms with Crippen LogP contribution in [-0.4, -0.2) is 30.4 Å². The lowest BCUT2D eigenvalue weighted by Gasteiger charge is -2.26. The average Bonchev–Trinajstić information content (AvgIpc) is 3.33. The van der Waals surface area contributed by atoms with Gasteiger partial charge >= 0.3 is 0 Å². The van der Waals surface area contributed by atoms with Crippen molar-refractivity contribution in [2.45, 2.75) is 6.04 Å². The Kier molecular flexibility index (Phi) is 3.25. The van der Waals surface area contributed by atoms with Crippen molar-refractivity contribution in [3.05, 3.63) is 68.8 Å². The Hall–Kier alpha value is -3.27. The summed E-state index contributed by atoms with van der Waals surface area (Å²) in [7, 11) is 0. The first-order valence-corrected chi connectivity index (χ1v) is 8.48. The molecule has 4 aromatic rings. The molecule has 0 amide bonds. The van der Waals surface area contributed by atoms with Gasteiger partial charge in [0.1, 0.15) is 17.5 Å². The SMILES string of the molecule is O=c1[nH]nc(-c2ccc(Br)cc2)c2c1Nc1nnnn1C2c1ccco1. The molecule has 0 saturated carbocycles. The van der Waals surface area contributed by atoms with Gasteiger partial charge in [-0.2, -0.15) is 9.78 Å². The van der Waals surface area contributed by atoms with Gasteiger partial charge in [0.15, 0.2) is 0 Å². The highest BCUT2D eigenvalue weighted by Gasteiger charge is 2.35. The van der Waals surface area contributed by atoms with Gasteiger partial charge in [-0.25, -0.2) is 5.10 Å². The van der Waals surface area contributed by atoms with Gasteiger partial charge in [0.2, 0.25) is 5.95 Å². The van der Waals surface area contributed by atoms with Crippen molar-refractivity contribution in [2.75, 3.05) is 5.32 Å². The smallest absolute Gasteiger partial charge is 0.288 e. The van der Waals surface area contributed by atoms with E-state index in [9.17, 15) is 4.79 Å². The van der Waals surface area contributed by atoms with E-state index in [1.165, 1.54) is 0 Å². The minimum absolute atomic E-state index is 0.349. The number of fused-ring (bicyclic) bond motifs is 2. The summed E-state index contributed by atoms with van der Waals surface area (Å²) in [6.07, 6.45) is 1.57. The third-order valence-electron chi connectivity index (χ3n) is 4.20. The van der Waals surface area contributed by atoms with Crippen LogP contribution in [0.5, 0.6) is 0 Å². The van der Waals surface area contributed by atoms with E-state index in [0.29, 0.717) is 28.7 Å². The maximum atomic E-state index is 12.5. The molecule has 0 saturated heterocycles.